The van der Waals surface area contributed by atoms with E-state index in [0.717, 1.165) is 32.4 Å². The number of carbonyl (C=O) groups is 2. The van der Waals surface area contributed by atoms with Crippen LogP contribution in [0.5, 0.6) is 0 Å². The zero-order valence-corrected chi connectivity index (χ0v) is 13.2. The molecule has 122 valence electrons. The van der Waals surface area contributed by atoms with Crippen LogP contribution < -0.4 is 10.6 Å². The van der Waals surface area contributed by atoms with Gasteiger partial charge in [0.25, 0.3) is 0 Å². The standard InChI is InChI=1S/C15H28N2O4/c1-3-12(2)14(18)20-10-8-16-6-7-17-9-11-21-15(19)13-4-5-13/h12-13,16-17H,3-11H2,1-2H3. The highest BCUT2D eigenvalue weighted by atomic mass is 16.5. The van der Waals surface area contributed by atoms with Crippen molar-refractivity contribution >= 4 is 11.9 Å². The fourth-order valence-corrected chi connectivity index (χ4v) is 1.62. The first-order valence-electron chi connectivity index (χ1n) is 7.89. The molecule has 0 aromatic heterocycles. The van der Waals surface area contributed by atoms with Gasteiger partial charge in [0, 0.05) is 26.2 Å². The first kappa shape index (κ1) is 17.9. The highest BCUT2D eigenvalue weighted by Crippen LogP contribution is 2.29. The molecule has 1 rings (SSSR count). The van der Waals surface area contributed by atoms with Crippen molar-refractivity contribution in [3.63, 3.8) is 0 Å². The Morgan fingerprint density at radius 2 is 1.62 bits per heavy atom. The molecule has 1 unspecified atom stereocenters. The highest BCUT2D eigenvalue weighted by molar-refractivity contribution is 5.74. The van der Waals surface area contributed by atoms with E-state index >= 15 is 0 Å². The summed E-state index contributed by atoms with van der Waals surface area (Å²) in [6.07, 6.45) is 2.77. The predicted molar refractivity (Wildman–Crippen MR) is 79.8 cm³/mol. The van der Waals surface area contributed by atoms with Crippen molar-refractivity contribution in [2.45, 2.75) is 33.1 Å². The maximum Gasteiger partial charge on any atom is 0.308 e. The fraction of sp³-hybridized carbons (Fsp3) is 0.867. The number of carbonyl (C=O) groups excluding carboxylic acids is 2. The number of hydrogen-bond donors (Lipinski definition) is 2. The van der Waals surface area contributed by atoms with Gasteiger partial charge in [-0.3, -0.25) is 9.59 Å². The third-order valence-corrected chi connectivity index (χ3v) is 3.45. The lowest BCUT2D eigenvalue weighted by Crippen LogP contribution is -2.32. The van der Waals surface area contributed by atoms with E-state index in [1.54, 1.807) is 0 Å². The Labute approximate surface area is 126 Å². The summed E-state index contributed by atoms with van der Waals surface area (Å²) in [6, 6.07) is 0. The lowest BCUT2D eigenvalue weighted by atomic mass is 10.1. The summed E-state index contributed by atoms with van der Waals surface area (Å²) in [7, 11) is 0. The summed E-state index contributed by atoms with van der Waals surface area (Å²) in [5, 5.41) is 6.36. The average Bonchev–Trinajstić information content (AvgIpc) is 3.32. The SMILES string of the molecule is CCC(C)C(=O)OCCNCCNCCOC(=O)C1CC1. The van der Waals surface area contributed by atoms with Crippen LogP contribution in [-0.4, -0.2) is 51.3 Å². The van der Waals surface area contributed by atoms with Crippen LogP contribution in [0.15, 0.2) is 0 Å². The molecule has 0 aliphatic heterocycles. The second-order valence-electron chi connectivity index (χ2n) is 5.42. The molecule has 0 bridgehead atoms. The van der Waals surface area contributed by atoms with Gasteiger partial charge in [0.1, 0.15) is 13.2 Å². The topological polar surface area (TPSA) is 76.7 Å². The van der Waals surface area contributed by atoms with Gasteiger partial charge in [-0.2, -0.15) is 0 Å². The minimum atomic E-state index is -0.130. The summed E-state index contributed by atoms with van der Waals surface area (Å²) >= 11 is 0. The number of ether oxygens (including phenoxy) is 2. The fourth-order valence-electron chi connectivity index (χ4n) is 1.62. The Morgan fingerprint density at radius 1 is 1.05 bits per heavy atom. The van der Waals surface area contributed by atoms with Crippen LogP contribution >= 0.6 is 0 Å². The minimum absolute atomic E-state index is 0.0231. The number of rotatable bonds is 12. The molecule has 21 heavy (non-hydrogen) atoms. The summed E-state index contributed by atoms with van der Waals surface area (Å²) in [4.78, 5) is 22.6. The molecule has 0 amide bonds. The van der Waals surface area contributed by atoms with Gasteiger partial charge in [-0.15, -0.1) is 0 Å². The smallest absolute Gasteiger partial charge is 0.308 e. The van der Waals surface area contributed by atoms with Crippen molar-refractivity contribution in [3.05, 3.63) is 0 Å². The number of nitrogens with one attached hydrogen (secondary N) is 2. The average molecular weight is 300 g/mol. The van der Waals surface area contributed by atoms with Crippen LogP contribution in [0.2, 0.25) is 0 Å². The number of hydrogen-bond acceptors (Lipinski definition) is 6. The van der Waals surface area contributed by atoms with Gasteiger partial charge in [-0.25, -0.2) is 0 Å². The maximum absolute atomic E-state index is 11.4. The van der Waals surface area contributed by atoms with Crippen LogP contribution in [0.25, 0.3) is 0 Å². The van der Waals surface area contributed by atoms with Gasteiger partial charge in [-0.1, -0.05) is 13.8 Å². The van der Waals surface area contributed by atoms with Crippen molar-refractivity contribution in [2.24, 2.45) is 11.8 Å². The van der Waals surface area contributed by atoms with E-state index in [-0.39, 0.29) is 23.8 Å². The largest absolute Gasteiger partial charge is 0.464 e. The molecule has 6 heteroatoms. The summed E-state index contributed by atoms with van der Waals surface area (Å²) in [5.41, 5.74) is 0. The van der Waals surface area contributed by atoms with Crippen LogP contribution in [0.4, 0.5) is 0 Å². The van der Waals surface area contributed by atoms with E-state index in [2.05, 4.69) is 10.6 Å². The van der Waals surface area contributed by atoms with E-state index in [1.807, 2.05) is 13.8 Å². The first-order valence-corrected chi connectivity index (χ1v) is 7.89. The number of esters is 2. The van der Waals surface area contributed by atoms with Crippen molar-refractivity contribution in [1.82, 2.24) is 10.6 Å². The van der Waals surface area contributed by atoms with Crippen molar-refractivity contribution in [1.29, 1.82) is 0 Å². The van der Waals surface area contributed by atoms with Gasteiger partial charge >= 0.3 is 11.9 Å². The quantitative estimate of drug-likeness (QED) is 0.408. The Bertz CT molecular complexity index is 319. The molecular weight excluding hydrogens is 272 g/mol. The Morgan fingerprint density at radius 3 is 2.14 bits per heavy atom. The summed E-state index contributed by atoms with van der Waals surface area (Å²) in [6.45, 7) is 7.58. The zero-order valence-electron chi connectivity index (χ0n) is 13.2. The molecular formula is C15H28N2O4. The molecule has 1 aliphatic carbocycles. The maximum atomic E-state index is 11.4. The van der Waals surface area contributed by atoms with E-state index in [1.165, 1.54) is 0 Å². The monoisotopic (exact) mass is 300 g/mol. The first-order chi connectivity index (χ1) is 10.1. The Balaban J connectivity index is 1.78. The summed E-state index contributed by atoms with van der Waals surface area (Å²) < 4.78 is 10.2. The van der Waals surface area contributed by atoms with Crippen LogP contribution in [0.3, 0.4) is 0 Å². The molecule has 0 spiro atoms. The van der Waals surface area contributed by atoms with Gasteiger partial charge in [0.15, 0.2) is 0 Å². The molecule has 2 N–H and O–H groups in total. The van der Waals surface area contributed by atoms with E-state index in [9.17, 15) is 9.59 Å². The normalized spacial score (nSPS) is 15.5. The lowest BCUT2D eigenvalue weighted by Gasteiger charge is -2.10. The highest BCUT2D eigenvalue weighted by Gasteiger charge is 2.30. The molecule has 0 heterocycles. The Kier molecular flexibility index (Phi) is 9.01. The van der Waals surface area contributed by atoms with Crippen molar-refractivity contribution in [2.75, 3.05) is 39.4 Å². The zero-order chi connectivity index (χ0) is 15.5. The molecule has 1 saturated carbocycles. The van der Waals surface area contributed by atoms with E-state index in [0.29, 0.717) is 26.3 Å². The molecule has 1 fully saturated rings. The third kappa shape index (κ3) is 8.67. The minimum Gasteiger partial charge on any atom is -0.464 e. The lowest BCUT2D eigenvalue weighted by molar-refractivity contribution is -0.148. The Hall–Kier alpha value is -1.14. The van der Waals surface area contributed by atoms with Crippen LogP contribution in [0.1, 0.15) is 33.1 Å². The van der Waals surface area contributed by atoms with Gasteiger partial charge < -0.3 is 20.1 Å². The molecule has 1 aliphatic rings. The molecule has 1 atom stereocenters. The molecule has 0 aromatic rings. The van der Waals surface area contributed by atoms with Crippen LogP contribution in [-0.2, 0) is 19.1 Å². The second-order valence-corrected chi connectivity index (χ2v) is 5.42. The van der Waals surface area contributed by atoms with Gasteiger partial charge in [-0.05, 0) is 19.3 Å². The molecule has 0 saturated heterocycles. The van der Waals surface area contributed by atoms with Crippen molar-refractivity contribution in [3.8, 4) is 0 Å². The van der Waals surface area contributed by atoms with Crippen molar-refractivity contribution < 1.29 is 19.1 Å². The molecule has 0 radical (unpaired) electrons. The predicted octanol–water partition coefficient (Wildman–Crippen LogP) is 0.708. The molecule has 0 aromatic carbocycles. The third-order valence-electron chi connectivity index (χ3n) is 3.45. The van der Waals surface area contributed by atoms with Gasteiger partial charge in [0.05, 0.1) is 11.8 Å². The molecule has 6 nitrogen and oxygen atoms in total. The summed E-state index contributed by atoms with van der Waals surface area (Å²) in [5.74, 6) is -0.0391. The van der Waals surface area contributed by atoms with E-state index in [4.69, 9.17) is 9.47 Å². The second kappa shape index (κ2) is 10.6. The van der Waals surface area contributed by atoms with E-state index < -0.39 is 0 Å². The van der Waals surface area contributed by atoms with Gasteiger partial charge in [0.2, 0.25) is 0 Å². The van der Waals surface area contributed by atoms with Crippen LogP contribution in [0, 0.1) is 11.8 Å².